The summed E-state index contributed by atoms with van der Waals surface area (Å²) >= 11 is 0. The molecule has 0 aliphatic carbocycles. The molecule has 17 heavy (non-hydrogen) atoms. The molecular formula is C11H12N2O3S. The minimum absolute atomic E-state index is 0.0613. The van der Waals surface area contributed by atoms with Gasteiger partial charge in [0.05, 0.1) is 35.3 Å². The topological polar surface area (TPSA) is 90.2 Å². The first-order valence-corrected chi connectivity index (χ1v) is 6.97. The van der Waals surface area contributed by atoms with Gasteiger partial charge in [-0.25, -0.2) is 8.42 Å². The van der Waals surface area contributed by atoms with Gasteiger partial charge in [-0.3, -0.25) is 0 Å². The maximum Gasteiger partial charge on any atom is 0.155 e. The lowest BCUT2D eigenvalue weighted by atomic mass is 10.2. The summed E-state index contributed by atoms with van der Waals surface area (Å²) in [5, 5.41) is 21.2. The Bertz CT molecular complexity index is 545. The Kier molecular flexibility index (Phi) is 3.05. The molecule has 2 N–H and O–H groups in total. The maximum absolute atomic E-state index is 11.3. The van der Waals surface area contributed by atoms with Crippen LogP contribution < -0.4 is 5.32 Å². The molecule has 0 amide bonds. The predicted octanol–water partition coefficient (Wildman–Crippen LogP) is 0.128. The quantitative estimate of drug-likeness (QED) is 0.780. The van der Waals surface area contributed by atoms with Crippen LogP contribution in [-0.2, 0) is 9.84 Å². The number of nitrogens with zero attached hydrogens (tertiary/aromatic N) is 1. The number of benzene rings is 1. The van der Waals surface area contributed by atoms with Crippen molar-refractivity contribution < 1.29 is 13.5 Å². The molecule has 2 rings (SSSR count). The SMILES string of the molecule is N#Cc1ccc(NC2CS(=O)(=O)CC2O)cc1. The smallest absolute Gasteiger partial charge is 0.155 e. The number of nitriles is 1. The molecule has 0 bridgehead atoms. The van der Waals surface area contributed by atoms with E-state index in [0.29, 0.717) is 11.3 Å². The highest BCUT2D eigenvalue weighted by Crippen LogP contribution is 2.18. The minimum atomic E-state index is -3.14. The number of hydrogen-bond donors (Lipinski definition) is 2. The van der Waals surface area contributed by atoms with Gasteiger partial charge in [0.25, 0.3) is 0 Å². The predicted molar refractivity (Wildman–Crippen MR) is 63.2 cm³/mol. The molecule has 1 fully saturated rings. The summed E-state index contributed by atoms with van der Waals surface area (Å²) in [7, 11) is -3.14. The van der Waals surface area contributed by atoms with E-state index in [4.69, 9.17) is 5.26 Å². The standard InChI is InChI=1S/C11H12N2O3S/c12-5-8-1-3-9(4-2-8)13-10-6-17(15,16)7-11(10)14/h1-4,10-11,13-14H,6-7H2. The van der Waals surface area contributed by atoms with Gasteiger partial charge in [0.15, 0.2) is 9.84 Å². The van der Waals surface area contributed by atoms with Gasteiger partial charge >= 0.3 is 0 Å². The second-order valence-electron chi connectivity index (χ2n) is 4.08. The number of sulfone groups is 1. The number of aliphatic hydroxyl groups is 1. The molecule has 90 valence electrons. The van der Waals surface area contributed by atoms with Gasteiger partial charge in [0.2, 0.25) is 0 Å². The molecule has 1 heterocycles. The van der Waals surface area contributed by atoms with Crippen molar-refractivity contribution in [3.63, 3.8) is 0 Å². The zero-order chi connectivity index (χ0) is 12.5. The fourth-order valence-corrected chi connectivity index (χ4v) is 3.56. The van der Waals surface area contributed by atoms with E-state index in [1.807, 2.05) is 6.07 Å². The van der Waals surface area contributed by atoms with Crippen LogP contribution in [0.5, 0.6) is 0 Å². The van der Waals surface area contributed by atoms with E-state index in [0.717, 1.165) is 0 Å². The largest absolute Gasteiger partial charge is 0.390 e. The van der Waals surface area contributed by atoms with Gasteiger partial charge < -0.3 is 10.4 Å². The van der Waals surface area contributed by atoms with Crippen molar-refractivity contribution >= 4 is 15.5 Å². The van der Waals surface area contributed by atoms with Crippen molar-refractivity contribution in [3.05, 3.63) is 29.8 Å². The molecule has 0 saturated carbocycles. The van der Waals surface area contributed by atoms with Crippen molar-refractivity contribution in [2.45, 2.75) is 12.1 Å². The summed E-state index contributed by atoms with van der Waals surface area (Å²) in [6.07, 6.45) is -0.879. The average molecular weight is 252 g/mol. The van der Waals surface area contributed by atoms with Crippen LogP contribution in [0.25, 0.3) is 0 Å². The lowest BCUT2D eigenvalue weighted by Crippen LogP contribution is -2.31. The molecule has 1 saturated heterocycles. The highest BCUT2D eigenvalue weighted by Gasteiger charge is 2.36. The van der Waals surface area contributed by atoms with Crippen molar-refractivity contribution in [1.29, 1.82) is 5.26 Å². The van der Waals surface area contributed by atoms with E-state index in [2.05, 4.69) is 5.32 Å². The molecule has 1 aromatic rings. The third kappa shape index (κ3) is 2.75. The summed E-state index contributed by atoms with van der Waals surface area (Å²) in [4.78, 5) is 0. The number of nitrogens with one attached hydrogen (secondary N) is 1. The van der Waals surface area contributed by atoms with Crippen LogP contribution in [0.4, 0.5) is 5.69 Å². The van der Waals surface area contributed by atoms with Gasteiger partial charge in [0, 0.05) is 5.69 Å². The minimum Gasteiger partial charge on any atom is -0.390 e. The van der Waals surface area contributed by atoms with Crippen LogP contribution in [-0.4, -0.2) is 37.2 Å². The van der Waals surface area contributed by atoms with Crippen LogP contribution in [0.2, 0.25) is 0 Å². The number of anilines is 1. The molecule has 0 radical (unpaired) electrons. The van der Waals surface area contributed by atoms with E-state index < -0.39 is 22.0 Å². The van der Waals surface area contributed by atoms with Crippen molar-refractivity contribution in [1.82, 2.24) is 0 Å². The molecule has 0 aromatic heterocycles. The molecule has 1 aliphatic rings. The molecule has 1 aliphatic heterocycles. The molecule has 2 unspecified atom stereocenters. The summed E-state index contributed by atoms with van der Waals surface area (Å²) in [5.41, 5.74) is 1.24. The fourth-order valence-electron chi connectivity index (χ4n) is 1.82. The summed E-state index contributed by atoms with van der Waals surface area (Å²) in [5.74, 6) is -0.255. The molecule has 0 spiro atoms. The Morgan fingerprint density at radius 2 is 1.94 bits per heavy atom. The molecule has 1 aromatic carbocycles. The monoisotopic (exact) mass is 252 g/mol. The second-order valence-corrected chi connectivity index (χ2v) is 6.24. The van der Waals surface area contributed by atoms with E-state index in [-0.39, 0.29) is 11.5 Å². The molecule has 6 heteroatoms. The zero-order valence-electron chi connectivity index (χ0n) is 9.00. The van der Waals surface area contributed by atoms with Crippen molar-refractivity contribution in [2.24, 2.45) is 0 Å². The summed E-state index contributed by atoms with van der Waals surface area (Å²) in [6.45, 7) is 0. The van der Waals surface area contributed by atoms with Gasteiger partial charge in [-0.15, -0.1) is 0 Å². The number of rotatable bonds is 2. The van der Waals surface area contributed by atoms with E-state index in [1.54, 1.807) is 24.3 Å². The lowest BCUT2D eigenvalue weighted by molar-refractivity contribution is 0.190. The third-order valence-electron chi connectivity index (χ3n) is 2.69. The molecule has 2 atom stereocenters. The third-order valence-corrected chi connectivity index (χ3v) is 4.41. The zero-order valence-corrected chi connectivity index (χ0v) is 9.81. The van der Waals surface area contributed by atoms with E-state index in [9.17, 15) is 13.5 Å². The highest BCUT2D eigenvalue weighted by molar-refractivity contribution is 7.91. The van der Waals surface area contributed by atoms with E-state index in [1.165, 1.54) is 0 Å². The van der Waals surface area contributed by atoms with Crippen LogP contribution in [0.1, 0.15) is 5.56 Å². The van der Waals surface area contributed by atoms with Crippen LogP contribution in [0.15, 0.2) is 24.3 Å². The molecule has 5 nitrogen and oxygen atoms in total. The van der Waals surface area contributed by atoms with Gasteiger partial charge in [0.1, 0.15) is 0 Å². The Labute approximate surface area is 99.6 Å². The fraction of sp³-hybridized carbons (Fsp3) is 0.364. The summed E-state index contributed by atoms with van der Waals surface area (Å²) in [6, 6.07) is 8.17. The Hall–Kier alpha value is -1.58. The lowest BCUT2D eigenvalue weighted by Gasteiger charge is -2.16. The Morgan fingerprint density at radius 1 is 1.29 bits per heavy atom. The van der Waals surface area contributed by atoms with Crippen LogP contribution >= 0.6 is 0 Å². The van der Waals surface area contributed by atoms with Crippen LogP contribution in [0, 0.1) is 11.3 Å². The summed E-state index contributed by atoms with van der Waals surface area (Å²) < 4.78 is 22.6. The number of hydrogen-bond acceptors (Lipinski definition) is 5. The highest BCUT2D eigenvalue weighted by atomic mass is 32.2. The average Bonchev–Trinajstić information content (AvgIpc) is 2.53. The van der Waals surface area contributed by atoms with Gasteiger partial charge in [-0.05, 0) is 24.3 Å². The normalized spacial score (nSPS) is 26.4. The van der Waals surface area contributed by atoms with E-state index >= 15 is 0 Å². The first-order chi connectivity index (χ1) is 8.00. The number of aliphatic hydroxyl groups excluding tert-OH is 1. The maximum atomic E-state index is 11.3. The Morgan fingerprint density at radius 3 is 2.41 bits per heavy atom. The first kappa shape index (κ1) is 11.9. The second kappa shape index (κ2) is 4.35. The molecular weight excluding hydrogens is 240 g/mol. The first-order valence-electron chi connectivity index (χ1n) is 5.15. The van der Waals surface area contributed by atoms with Gasteiger partial charge in [-0.2, -0.15) is 5.26 Å². The van der Waals surface area contributed by atoms with Crippen molar-refractivity contribution in [3.8, 4) is 6.07 Å². The Balaban J connectivity index is 2.09. The van der Waals surface area contributed by atoms with Crippen molar-refractivity contribution in [2.75, 3.05) is 16.8 Å². The van der Waals surface area contributed by atoms with Crippen LogP contribution in [0.3, 0.4) is 0 Å². The van der Waals surface area contributed by atoms with Gasteiger partial charge in [-0.1, -0.05) is 0 Å².